The highest BCUT2D eigenvalue weighted by molar-refractivity contribution is 5.94. The van der Waals surface area contributed by atoms with Gasteiger partial charge in [0.05, 0.1) is 32.1 Å². The maximum atomic E-state index is 6.04. The van der Waals surface area contributed by atoms with Gasteiger partial charge in [0.2, 0.25) is 0 Å². The number of hydrogen-bond acceptors (Lipinski definition) is 5. The van der Waals surface area contributed by atoms with E-state index in [1.165, 1.54) is 0 Å². The molecule has 29 heavy (non-hydrogen) atoms. The molecule has 0 aliphatic rings. The lowest BCUT2D eigenvalue weighted by Gasteiger charge is -2.12. The Morgan fingerprint density at radius 3 is 2.66 bits per heavy atom. The zero-order valence-corrected chi connectivity index (χ0v) is 16.5. The van der Waals surface area contributed by atoms with Gasteiger partial charge in [-0.3, -0.25) is 4.98 Å². The number of ether oxygens (including phenoxy) is 3. The van der Waals surface area contributed by atoms with Crippen molar-refractivity contribution in [3.8, 4) is 17.2 Å². The van der Waals surface area contributed by atoms with Crippen LogP contribution in [0.2, 0.25) is 0 Å². The molecule has 0 saturated carbocycles. The molecule has 0 bridgehead atoms. The second-order valence-electron chi connectivity index (χ2n) is 6.15. The first kappa shape index (κ1) is 20.0. The molecule has 7 nitrogen and oxygen atoms in total. The lowest BCUT2D eigenvalue weighted by atomic mass is 10.2. The topological polar surface area (TPSA) is 91.0 Å². The number of benzene rings is 2. The van der Waals surface area contributed by atoms with E-state index >= 15 is 0 Å². The highest BCUT2D eigenvalue weighted by atomic mass is 16.5. The molecule has 3 aromatic rings. The quantitative estimate of drug-likeness (QED) is 0.450. The van der Waals surface area contributed by atoms with E-state index in [9.17, 15) is 0 Å². The number of nitrogens with zero attached hydrogens (tertiary/aromatic N) is 2. The van der Waals surface area contributed by atoms with Gasteiger partial charge in [-0.25, -0.2) is 4.99 Å². The third kappa shape index (κ3) is 5.87. The van der Waals surface area contributed by atoms with Gasteiger partial charge in [-0.05, 0) is 42.0 Å². The van der Waals surface area contributed by atoms with Gasteiger partial charge in [-0.1, -0.05) is 18.2 Å². The number of anilines is 1. The Hall–Kier alpha value is -3.74. The van der Waals surface area contributed by atoms with Crippen LogP contribution in [-0.4, -0.2) is 25.2 Å². The highest BCUT2D eigenvalue weighted by Crippen LogP contribution is 2.28. The average Bonchev–Trinajstić information content (AvgIpc) is 2.77. The normalized spacial score (nSPS) is 11.0. The van der Waals surface area contributed by atoms with Gasteiger partial charge >= 0.3 is 0 Å². The minimum atomic E-state index is 0.274. The van der Waals surface area contributed by atoms with Crippen molar-refractivity contribution in [3.05, 3.63) is 78.1 Å². The Labute approximate surface area is 170 Å². The van der Waals surface area contributed by atoms with Gasteiger partial charge in [-0.15, -0.1) is 0 Å². The maximum absolute atomic E-state index is 6.04. The summed E-state index contributed by atoms with van der Waals surface area (Å²) in [6, 6.07) is 18.9. The standard InChI is InChI=1S/C22H24N4O3/c1-27-18-9-10-21(28-2)20(13-18)26-22(23)25-14-16-6-5-8-19(12-16)29-15-17-7-3-4-11-24-17/h3-13H,14-15H2,1-2H3,(H3,23,25,26). The van der Waals surface area contributed by atoms with Crippen molar-refractivity contribution in [1.82, 2.24) is 4.98 Å². The first-order valence-corrected chi connectivity index (χ1v) is 9.08. The molecule has 0 radical (unpaired) electrons. The van der Waals surface area contributed by atoms with E-state index in [0.29, 0.717) is 30.3 Å². The number of guanidine groups is 1. The molecule has 0 spiro atoms. The third-order valence-electron chi connectivity index (χ3n) is 4.11. The van der Waals surface area contributed by atoms with Crippen molar-refractivity contribution >= 4 is 11.6 Å². The zero-order chi connectivity index (χ0) is 20.5. The fourth-order valence-electron chi connectivity index (χ4n) is 2.64. The molecule has 0 fully saturated rings. The number of nitrogens with one attached hydrogen (secondary N) is 1. The molecule has 0 unspecified atom stereocenters. The number of hydrogen-bond donors (Lipinski definition) is 2. The molecule has 2 aromatic carbocycles. The average molecular weight is 392 g/mol. The van der Waals surface area contributed by atoms with Crippen LogP contribution in [0.3, 0.4) is 0 Å². The molecule has 0 amide bonds. The fraction of sp³-hybridized carbons (Fsp3) is 0.182. The summed E-state index contributed by atoms with van der Waals surface area (Å²) < 4.78 is 16.4. The summed E-state index contributed by atoms with van der Waals surface area (Å²) in [5.41, 5.74) is 8.58. The Morgan fingerprint density at radius 1 is 1.00 bits per heavy atom. The molecule has 3 rings (SSSR count). The van der Waals surface area contributed by atoms with Crippen LogP contribution in [0.5, 0.6) is 17.2 Å². The summed E-state index contributed by atoms with van der Waals surface area (Å²) in [4.78, 5) is 8.65. The molecule has 0 aliphatic heterocycles. The summed E-state index contributed by atoms with van der Waals surface area (Å²) in [5, 5.41) is 3.05. The smallest absolute Gasteiger partial charge is 0.193 e. The van der Waals surface area contributed by atoms with E-state index in [0.717, 1.165) is 17.0 Å². The molecule has 1 aromatic heterocycles. The van der Waals surface area contributed by atoms with Gasteiger partial charge in [0, 0.05) is 12.3 Å². The second kappa shape index (κ2) is 9.98. The van der Waals surface area contributed by atoms with Crippen molar-refractivity contribution in [2.45, 2.75) is 13.2 Å². The first-order valence-electron chi connectivity index (χ1n) is 9.08. The predicted molar refractivity (Wildman–Crippen MR) is 114 cm³/mol. The summed E-state index contributed by atoms with van der Waals surface area (Å²) in [6.07, 6.45) is 1.75. The lowest BCUT2D eigenvalue weighted by molar-refractivity contribution is 0.301. The highest BCUT2D eigenvalue weighted by Gasteiger charge is 2.06. The van der Waals surface area contributed by atoms with Crippen LogP contribution >= 0.6 is 0 Å². The molecule has 0 atom stereocenters. The fourth-order valence-corrected chi connectivity index (χ4v) is 2.64. The molecule has 1 heterocycles. The van der Waals surface area contributed by atoms with Crippen LogP contribution in [0.15, 0.2) is 71.9 Å². The Balaban J connectivity index is 1.62. The summed E-state index contributed by atoms with van der Waals surface area (Å²) in [6.45, 7) is 0.818. The molecular formula is C22H24N4O3. The summed E-state index contributed by atoms with van der Waals surface area (Å²) >= 11 is 0. The Morgan fingerprint density at radius 2 is 1.90 bits per heavy atom. The lowest BCUT2D eigenvalue weighted by Crippen LogP contribution is -2.23. The molecular weight excluding hydrogens is 368 g/mol. The van der Waals surface area contributed by atoms with Crippen molar-refractivity contribution in [3.63, 3.8) is 0 Å². The van der Waals surface area contributed by atoms with E-state index in [1.807, 2.05) is 48.5 Å². The predicted octanol–water partition coefficient (Wildman–Crippen LogP) is 3.60. The van der Waals surface area contributed by atoms with E-state index in [-0.39, 0.29) is 5.96 Å². The van der Waals surface area contributed by atoms with E-state index in [4.69, 9.17) is 19.9 Å². The van der Waals surface area contributed by atoms with Crippen molar-refractivity contribution in [2.24, 2.45) is 10.7 Å². The van der Waals surface area contributed by atoms with Gasteiger partial charge in [0.1, 0.15) is 23.9 Å². The van der Waals surface area contributed by atoms with Gasteiger partial charge in [0.25, 0.3) is 0 Å². The molecule has 0 aliphatic carbocycles. The minimum absolute atomic E-state index is 0.274. The molecule has 7 heteroatoms. The van der Waals surface area contributed by atoms with Crippen LogP contribution in [0, 0.1) is 0 Å². The number of pyridine rings is 1. The number of nitrogens with two attached hydrogens (primary N) is 1. The Kier molecular flexibility index (Phi) is 6.89. The van der Waals surface area contributed by atoms with Crippen LogP contribution in [-0.2, 0) is 13.2 Å². The van der Waals surface area contributed by atoms with E-state index in [1.54, 1.807) is 32.5 Å². The van der Waals surface area contributed by atoms with Crippen LogP contribution < -0.4 is 25.3 Å². The summed E-state index contributed by atoms with van der Waals surface area (Å²) in [7, 11) is 3.20. The van der Waals surface area contributed by atoms with Crippen molar-refractivity contribution < 1.29 is 14.2 Å². The zero-order valence-electron chi connectivity index (χ0n) is 16.5. The van der Waals surface area contributed by atoms with Gasteiger partial charge in [0.15, 0.2) is 5.96 Å². The van der Waals surface area contributed by atoms with E-state index in [2.05, 4.69) is 15.3 Å². The number of aliphatic imine (C=N–C) groups is 1. The molecule has 0 saturated heterocycles. The van der Waals surface area contributed by atoms with Gasteiger partial charge < -0.3 is 25.3 Å². The van der Waals surface area contributed by atoms with Gasteiger partial charge in [-0.2, -0.15) is 0 Å². The molecule has 150 valence electrons. The van der Waals surface area contributed by atoms with Crippen molar-refractivity contribution in [1.29, 1.82) is 0 Å². The number of methoxy groups -OCH3 is 2. The number of rotatable bonds is 8. The van der Waals surface area contributed by atoms with E-state index < -0.39 is 0 Å². The van der Waals surface area contributed by atoms with Crippen molar-refractivity contribution in [2.75, 3.05) is 19.5 Å². The first-order chi connectivity index (χ1) is 14.2. The Bertz CT molecular complexity index is 961. The third-order valence-corrected chi connectivity index (χ3v) is 4.11. The SMILES string of the molecule is COc1ccc(OC)c(NC(N)=NCc2cccc(OCc3ccccn3)c2)c1. The van der Waals surface area contributed by atoms with Crippen LogP contribution in [0.25, 0.3) is 0 Å². The van der Waals surface area contributed by atoms with Crippen LogP contribution in [0.4, 0.5) is 5.69 Å². The second-order valence-corrected chi connectivity index (χ2v) is 6.15. The molecule has 3 N–H and O–H groups in total. The van der Waals surface area contributed by atoms with Crippen LogP contribution in [0.1, 0.15) is 11.3 Å². The monoisotopic (exact) mass is 392 g/mol. The summed E-state index contributed by atoms with van der Waals surface area (Å²) in [5.74, 6) is 2.37. The number of aromatic nitrogens is 1. The largest absolute Gasteiger partial charge is 0.497 e. The minimum Gasteiger partial charge on any atom is -0.497 e. The maximum Gasteiger partial charge on any atom is 0.193 e.